The predicted molar refractivity (Wildman–Crippen MR) is 93.1 cm³/mol. The minimum atomic E-state index is -1.19. The van der Waals surface area contributed by atoms with Gasteiger partial charge in [-0.2, -0.15) is 0 Å². The summed E-state index contributed by atoms with van der Waals surface area (Å²) in [5.74, 6) is -1.64. The molecule has 130 valence electrons. The van der Waals surface area contributed by atoms with Gasteiger partial charge in [0.1, 0.15) is 5.56 Å². The lowest BCUT2D eigenvalue weighted by Gasteiger charge is -2.14. The van der Waals surface area contributed by atoms with Crippen molar-refractivity contribution in [1.29, 1.82) is 0 Å². The normalized spacial score (nSPS) is 11.5. The number of anilines is 1. The minimum absolute atomic E-state index is 0.133. The number of nitrogens with one attached hydrogen (secondary N) is 1. The molecule has 1 amide bonds. The highest BCUT2D eigenvalue weighted by Gasteiger charge is 2.25. The van der Waals surface area contributed by atoms with E-state index in [0.717, 1.165) is 12.1 Å². The van der Waals surface area contributed by atoms with Gasteiger partial charge in [-0.05, 0) is 37.3 Å². The summed E-state index contributed by atoms with van der Waals surface area (Å²) < 4.78 is 5.00. The number of hydrogen-bond acceptors (Lipinski definition) is 5. The van der Waals surface area contributed by atoms with Crippen LogP contribution in [0.5, 0.6) is 0 Å². The van der Waals surface area contributed by atoms with Crippen molar-refractivity contribution in [3.8, 4) is 0 Å². The van der Waals surface area contributed by atoms with Gasteiger partial charge >= 0.3 is 5.97 Å². The third-order valence-electron chi connectivity index (χ3n) is 3.12. The minimum Gasteiger partial charge on any atom is -0.449 e. The van der Waals surface area contributed by atoms with E-state index in [-0.39, 0.29) is 10.6 Å². The topological polar surface area (TPSA) is 98.5 Å². The number of nitrogens with zero attached hydrogens (tertiary/aromatic N) is 1. The van der Waals surface area contributed by atoms with Crippen molar-refractivity contribution < 1.29 is 19.2 Å². The van der Waals surface area contributed by atoms with Gasteiger partial charge in [0.15, 0.2) is 6.10 Å². The van der Waals surface area contributed by atoms with E-state index >= 15 is 0 Å². The summed E-state index contributed by atoms with van der Waals surface area (Å²) in [5, 5.41) is 14.1. The third kappa shape index (κ3) is 4.91. The number of ether oxygens (including phenoxy) is 1. The number of carbonyl (C=O) groups is 2. The molecule has 2 aromatic rings. The van der Waals surface area contributed by atoms with Crippen LogP contribution in [0, 0.1) is 10.1 Å². The average Bonchev–Trinajstić information content (AvgIpc) is 2.54. The van der Waals surface area contributed by atoms with Crippen LogP contribution in [0.3, 0.4) is 0 Å². The number of nitro benzene ring substituents is 1. The maximum absolute atomic E-state index is 12.2. The zero-order valence-corrected chi connectivity index (χ0v) is 14.4. The Morgan fingerprint density at radius 2 is 1.84 bits per heavy atom. The van der Waals surface area contributed by atoms with Crippen molar-refractivity contribution >= 4 is 46.5 Å². The van der Waals surface area contributed by atoms with Gasteiger partial charge in [0.05, 0.1) is 4.92 Å². The highest BCUT2D eigenvalue weighted by atomic mass is 35.5. The van der Waals surface area contributed by atoms with Crippen LogP contribution in [0.1, 0.15) is 17.3 Å². The van der Waals surface area contributed by atoms with E-state index < -0.39 is 28.6 Å². The Labute approximate surface area is 152 Å². The molecule has 2 aromatic carbocycles. The number of esters is 1. The molecular weight excluding hydrogens is 371 g/mol. The molecule has 25 heavy (non-hydrogen) atoms. The molecule has 1 atom stereocenters. The van der Waals surface area contributed by atoms with Gasteiger partial charge in [0.25, 0.3) is 11.6 Å². The lowest BCUT2D eigenvalue weighted by molar-refractivity contribution is -0.385. The zero-order valence-electron chi connectivity index (χ0n) is 12.9. The summed E-state index contributed by atoms with van der Waals surface area (Å²) in [6, 6.07) is 9.91. The number of hydrogen-bond donors (Lipinski definition) is 1. The van der Waals surface area contributed by atoms with Gasteiger partial charge in [-0.25, -0.2) is 4.79 Å². The lowest BCUT2D eigenvalue weighted by Crippen LogP contribution is -2.30. The number of halogens is 2. The summed E-state index contributed by atoms with van der Waals surface area (Å²) in [7, 11) is 0. The Hall–Kier alpha value is -2.64. The SMILES string of the molecule is C[C@H](OC(=O)c1cc(Cl)ccc1[N+](=O)[O-])C(=O)Nc1cccc(Cl)c1. The maximum Gasteiger partial charge on any atom is 0.345 e. The van der Waals surface area contributed by atoms with E-state index in [4.69, 9.17) is 27.9 Å². The van der Waals surface area contributed by atoms with Crippen LogP contribution in [0.25, 0.3) is 0 Å². The van der Waals surface area contributed by atoms with Crippen molar-refractivity contribution in [1.82, 2.24) is 0 Å². The van der Waals surface area contributed by atoms with E-state index in [1.54, 1.807) is 18.2 Å². The van der Waals surface area contributed by atoms with E-state index in [1.807, 2.05) is 0 Å². The monoisotopic (exact) mass is 382 g/mol. The molecule has 1 N–H and O–H groups in total. The number of amides is 1. The second kappa shape index (κ2) is 7.96. The molecule has 0 bridgehead atoms. The molecule has 0 spiro atoms. The molecule has 2 rings (SSSR count). The van der Waals surface area contributed by atoms with Gasteiger partial charge in [0.2, 0.25) is 0 Å². The largest absolute Gasteiger partial charge is 0.449 e. The van der Waals surface area contributed by atoms with Crippen molar-refractivity contribution in [2.75, 3.05) is 5.32 Å². The lowest BCUT2D eigenvalue weighted by atomic mass is 10.2. The zero-order chi connectivity index (χ0) is 18.6. The predicted octanol–water partition coefficient (Wildman–Crippen LogP) is 4.09. The molecular formula is C16H12Cl2N2O5. The van der Waals surface area contributed by atoms with Gasteiger partial charge in [0, 0.05) is 21.8 Å². The number of benzene rings is 2. The van der Waals surface area contributed by atoms with Crippen LogP contribution in [0.4, 0.5) is 11.4 Å². The average molecular weight is 383 g/mol. The fraction of sp³-hybridized carbons (Fsp3) is 0.125. The number of rotatable bonds is 5. The van der Waals surface area contributed by atoms with Crippen molar-refractivity contribution in [2.24, 2.45) is 0 Å². The van der Waals surface area contributed by atoms with Gasteiger partial charge in [-0.1, -0.05) is 29.3 Å². The van der Waals surface area contributed by atoms with Crippen molar-refractivity contribution in [3.05, 3.63) is 68.2 Å². The molecule has 0 aliphatic heterocycles. The summed E-state index contributed by atoms with van der Waals surface area (Å²) >= 11 is 11.6. The smallest absolute Gasteiger partial charge is 0.345 e. The number of carbonyl (C=O) groups excluding carboxylic acids is 2. The van der Waals surface area contributed by atoms with Crippen LogP contribution in [0.15, 0.2) is 42.5 Å². The summed E-state index contributed by atoms with van der Waals surface area (Å²) in [6.07, 6.45) is -1.19. The molecule has 0 fully saturated rings. The van der Waals surface area contributed by atoms with E-state index in [0.29, 0.717) is 10.7 Å². The fourth-order valence-corrected chi connectivity index (χ4v) is 2.28. The Balaban J connectivity index is 2.11. The molecule has 0 radical (unpaired) electrons. The van der Waals surface area contributed by atoms with Crippen molar-refractivity contribution in [3.63, 3.8) is 0 Å². The molecule has 0 aromatic heterocycles. The van der Waals surface area contributed by atoms with E-state index in [2.05, 4.69) is 5.32 Å². The summed E-state index contributed by atoms with van der Waals surface area (Å²) in [4.78, 5) is 34.5. The highest BCUT2D eigenvalue weighted by molar-refractivity contribution is 6.31. The third-order valence-corrected chi connectivity index (χ3v) is 3.59. The molecule has 0 heterocycles. The first kappa shape index (κ1) is 18.7. The first-order chi connectivity index (χ1) is 11.8. The second-order valence-electron chi connectivity index (χ2n) is 4.97. The van der Waals surface area contributed by atoms with Crippen LogP contribution in [0.2, 0.25) is 10.0 Å². The summed E-state index contributed by atoms with van der Waals surface area (Å²) in [5.41, 5.74) is -0.370. The Bertz CT molecular complexity index is 841. The van der Waals surface area contributed by atoms with Crippen molar-refractivity contribution in [2.45, 2.75) is 13.0 Å². The standard InChI is InChI=1S/C16H12Cl2N2O5/c1-9(15(21)19-12-4-2-3-10(17)7-12)25-16(22)13-8-11(18)5-6-14(13)20(23)24/h2-9H,1H3,(H,19,21)/t9-/m0/s1. The Morgan fingerprint density at radius 3 is 2.48 bits per heavy atom. The Morgan fingerprint density at radius 1 is 1.16 bits per heavy atom. The van der Waals surface area contributed by atoms with Crippen LogP contribution in [-0.2, 0) is 9.53 Å². The Kier molecular flexibility index (Phi) is 5.95. The highest BCUT2D eigenvalue weighted by Crippen LogP contribution is 2.24. The second-order valence-corrected chi connectivity index (χ2v) is 5.84. The first-order valence-electron chi connectivity index (χ1n) is 6.99. The van der Waals surface area contributed by atoms with Crippen LogP contribution >= 0.6 is 23.2 Å². The van der Waals surface area contributed by atoms with Gasteiger partial charge < -0.3 is 10.1 Å². The quantitative estimate of drug-likeness (QED) is 0.477. The summed E-state index contributed by atoms with van der Waals surface area (Å²) in [6.45, 7) is 1.34. The molecule has 0 saturated carbocycles. The van der Waals surface area contributed by atoms with Crippen LogP contribution < -0.4 is 5.32 Å². The molecule has 0 aliphatic rings. The molecule has 0 saturated heterocycles. The van der Waals surface area contributed by atoms with Crippen LogP contribution in [-0.4, -0.2) is 22.9 Å². The maximum atomic E-state index is 12.2. The molecule has 0 unspecified atom stereocenters. The molecule has 0 aliphatic carbocycles. The first-order valence-corrected chi connectivity index (χ1v) is 7.75. The number of nitro groups is 1. The molecule has 9 heteroatoms. The van der Waals surface area contributed by atoms with E-state index in [9.17, 15) is 19.7 Å². The van der Waals surface area contributed by atoms with E-state index in [1.165, 1.54) is 19.1 Å². The van der Waals surface area contributed by atoms with Gasteiger partial charge in [-0.15, -0.1) is 0 Å². The molecule has 7 nitrogen and oxygen atoms in total. The van der Waals surface area contributed by atoms with Gasteiger partial charge in [-0.3, -0.25) is 14.9 Å². The fourth-order valence-electron chi connectivity index (χ4n) is 1.92.